The first-order chi connectivity index (χ1) is 9.43. The number of hydrogen-bond acceptors (Lipinski definition) is 6. The molecule has 0 atom stereocenters. The Bertz CT molecular complexity index is 624. The Morgan fingerprint density at radius 1 is 0.842 bits per heavy atom. The smallest absolute Gasteiger partial charge is 0.409 e. The van der Waals surface area contributed by atoms with Crippen LogP contribution in [0.3, 0.4) is 0 Å². The van der Waals surface area contributed by atoms with E-state index >= 15 is 0 Å². The van der Waals surface area contributed by atoms with Gasteiger partial charge in [0, 0.05) is 0 Å². The molecule has 0 N–H and O–H groups in total. The summed E-state index contributed by atoms with van der Waals surface area (Å²) in [7, 11) is 1.84. The van der Waals surface area contributed by atoms with Crippen molar-refractivity contribution in [2.45, 2.75) is 0 Å². The molecule has 0 unspecified atom stereocenters. The highest BCUT2D eigenvalue weighted by atomic mass is 16.4. The minimum atomic E-state index is 0.501. The second kappa shape index (κ2) is 3.91. The predicted octanol–water partition coefficient (Wildman–Crippen LogP) is 2.49. The van der Waals surface area contributed by atoms with Crippen LogP contribution in [0.25, 0.3) is 0 Å². The second-order valence-electron chi connectivity index (χ2n) is 3.97. The minimum absolute atomic E-state index is 0.501. The molecular weight excluding hydrogens is 243 g/mol. The van der Waals surface area contributed by atoms with Gasteiger partial charge in [-0.1, -0.05) is 12.1 Å². The van der Waals surface area contributed by atoms with Crippen LogP contribution in [0.4, 0.5) is 23.4 Å². The van der Waals surface area contributed by atoms with E-state index in [0.29, 0.717) is 12.0 Å². The number of nitrogens with zero attached hydrogens (tertiary/aromatic N) is 4. The van der Waals surface area contributed by atoms with Gasteiger partial charge in [0.25, 0.3) is 12.0 Å². The van der Waals surface area contributed by atoms with Crippen LogP contribution >= 0.6 is 0 Å². The zero-order valence-electron chi connectivity index (χ0n) is 9.80. The fourth-order valence-corrected chi connectivity index (χ4v) is 2.09. The van der Waals surface area contributed by atoms with E-state index in [4.69, 9.17) is 8.83 Å². The summed E-state index contributed by atoms with van der Waals surface area (Å²) < 4.78 is 10.7. The molecule has 0 saturated carbocycles. The maximum atomic E-state index is 5.35. The number of hydrogen-bond donors (Lipinski definition) is 0. The first-order valence-electron chi connectivity index (χ1n) is 5.75. The number of benzene rings is 1. The number of oxazole rings is 2. The second-order valence-corrected chi connectivity index (χ2v) is 3.97. The van der Waals surface area contributed by atoms with Crippen LogP contribution < -0.4 is 9.62 Å². The fourth-order valence-electron chi connectivity index (χ4n) is 2.09. The van der Waals surface area contributed by atoms with Gasteiger partial charge >= 0.3 is 7.55 Å². The summed E-state index contributed by atoms with van der Waals surface area (Å²) >= 11 is 0. The van der Waals surface area contributed by atoms with E-state index in [1.807, 2.05) is 41.4 Å². The van der Waals surface area contributed by atoms with Crippen LogP contribution in [0.2, 0.25) is 0 Å². The maximum Gasteiger partial charge on any atom is 0.409 e. The van der Waals surface area contributed by atoms with Crippen LogP contribution in [0.1, 0.15) is 0 Å². The Morgan fingerprint density at radius 3 is 1.79 bits per heavy atom. The average Bonchev–Trinajstić information content (AvgIpc) is 3.18. The number of anilines is 4. The standard InChI is InChI=1S/C12H8BN4O2/c1-2-4-10-9(3-1)16(11-14-5-7-18-11)13-17(10)12-15-6-8-19-12/h1-8H. The topological polar surface area (TPSA) is 58.5 Å². The summed E-state index contributed by atoms with van der Waals surface area (Å²) in [6.45, 7) is 0. The number of rotatable bonds is 2. The molecule has 0 bridgehead atoms. The molecule has 2 aromatic heterocycles. The van der Waals surface area contributed by atoms with Crippen LogP contribution in [0.5, 0.6) is 0 Å². The van der Waals surface area contributed by atoms with E-state index in [0.717, 1.165) is 11.4 Å². The van der Waals surface area contributed by atoms with Crippen LogP contribution in [-0.2, 0) is 0 Å². The predicted molar refractivity (Wildman–Crippen MR) is 69.5 cm³/mol. The zero-order chi connectivity index (χ0) is 12.7. The first-order valence-corrected chi connectivity index (χ1v) is 5.75. The van der Waals surface area contributed by atoms with Crippen LogP contribution in [0.15, 0.2) is 58.0 Å². The molecule has 0 spiro atoms. The van der Waals surface area contributed by atoms with Crippen molar-refractivity contribution in [1.82, 2.24) is 9.97 Å². The average molecular weight is 251 g/mol. The molecular formula is C12H8BN4O2. The van der Waals surface area contributed by atoms with Crippen molar-refractivity contribution in [3.63, 3.8) is 0 Å². The van der Waals surface area contributed by atoms with Gasteiger partial charge in [-0.2, -0.15) is 0 Å². The lowest BCUT2D eigenvalue weighted by Gasteiger charge is -2.12. The third-order valence-corrected chi connectivity index (χ3v) is 2.88. The highest BCUT2D eigenvalue weighted by molar-refractivity contribution is 6.54. The molecule has 1 radical (unpaired) electrons. The fraction of sp³-hybridized carbons (Fsp3) is 0. The summed E-state index contributed by atoms with van der Waals surface area (Å²) in [5.74, 6) is 0. The molecule has 6 nitrogen and oxygen atoms in total. The molecule has 19 heavy (non-hydrogen) atoms. The number of fused-ring (bicyclic) bond motifs is 1. The van der Waals surface area contributed by atoms with E-state index in [1.165, 1.54) is 0 Å². The van der Waals surface area contributed by atoms with Crippen molar-refractivity contribution in [2.75, 3.05) is 9.62 Å². The van der Waals surface area contributed by atoms with Crippen molar-refractivity contribution in [3.8, 4) is 0 Å². The highest BCUT2D eigenvalue weighted by Gasteiger charge is 2.34. The van der Waals surface area contributed by atoms with Crippen molar-refractivity contribution in [2.24, 2.45) is 0 Å². The maximum absolute atomic E-state index is 5.35. The van der Waals surface area contributed by atoms with Crippen molar-refractivity contribution < 1.29 is 8.83 Å². The number of aromatic nitrogens is 2. The van der Waals surface area contributed by atoms with Crippen molar-refractivity contribution >= 4 is 31.0 Å². The van der Waals surface area contributed by atoms with E-state index < -0.39 is 0 Å². The molecule has 0 aliphatic carbocycles. The molecule has 3 heterocycles. The lowest BCUT2D eigenvalue weighted by atomic mass is 10.1. The highest BCUT2D eigenvalue weighted by Crippen LogP contribution is 2.41. The van der Waals surface area contributed by atoms with Gasteiger partial charge in [0.2, 0.25) is 0 Å². The zero-order valence-corrected chi connectivity index (χ0v) is 9.80. The van der Waals surface area contributed by atoms with Crippen molar-refractivity contribution in [3.05, 3.63) is 49.2 Å². The van der Waals surface area contributed by atoms with Gasteiger partial charge in [-0.15, -0.1) is 0 Å². The molecule has 0 amide bonds. The molecule has 1 aliphatic rings. The van der Waals surface area contributed by atoms with Gasteiger partial charge < -0.3 is 18.5 Å². The summed E-state index contributed by atoms with van der Waals surface area (Å²) in [4.78, 5) is 12.0. The Morgan fingerprint density at radius 2 is 1.37 bits per heavy atom. The lowest BCUT2D eigenvalue weighted by molar-refractivity contribution is 0.567. The Labute approximate surface area is 109 Å². The minimum Gasteiger partial charge on any atom is -0.433 e. The van der Waals surface area contributed by atoms with Crippen LogP contribution in [0, 0.1) is 0 Å². The molecule has 0 fully saturated rings. The van der Waals surface area contributed by atoms with Crippen molar-refractivity contribution in [1.29, 1.82) is 0 Å². The summed E-state index contributed by atoms with van der Waals surface area (Å²) in [6.07, 6.45) is 6.30. The summed E-state index contributed by atoms with van der Waals surface area (Å²) in [6, 6.07) is 8.89. The van der Waals surface area contributed by atoms with Gasteiger partial charge in [-0.05, 0) is 12.1 Å². The third kappa shape index (κ3) is 1.51. The summed E-state index contributed by atoms with van der Waals surface area (Å²) in [5.41, 5.74) is 1.92. The van der Waals surface area contributed by atoms with Gasteiger partial charge in [0.15, 0.2) is 0 Å². The van der Waals surface area contributed by atoms with E-state index in [1.54, 1.807) is 24.9 Å². The largest absolute Gasteiger partial charge is 0.433 e. The van der Waals surface area contributed by atoms with Gasteiger partial charge in [-0.25, -0.2) is 9.97 Å². The molecule has 91 valence electrons. The third-order valence-electron chi connectivity index (χ3n) is 2.88. The Kier molecular flexibility index (Phi) is 2.11. The van der Waals surface area contributed by atoms with Gasteiger partial charge in [0.1, 0.15) is 12.5 Å². The monoisotopic (exact) mass is 251 g/mol. The van der Waals surface area contributed by atoms with E-state index in [9.17, 15) is 0 Å². The molecule has 0 saturated heterocycles. The van der Waals surface area contributed by atoms with E-state index in [-0.39, 0.29) is 0 Å². The SMILES string of the molecule is [B]1N(c2ncco2)c2ccccc2N1c1ncco1. The molecule has 1 aliphatic heterocycles. The summed E-state index contributed by atoms with van der Waals surface area (Å²) in [5, 5.41) is 0. The van der Waals surface area contributed by atoms with Gasteiger partial charge in [-0.3, -0.25) is 0 Å². The molecule has 1 aromatic carbocycles. The quantitative estimate of drug-likeness (QED) is 0.652. The van der Waals surface area contributed by atoms with E-state index in [2.05, 4.69) is 9.97 Å². The first kappa shape index (κ1) is 10.2. The number of para-hydroxylation sites is 2. The lowest BCUT2D eigenvalue weighted by Crippen LogP contribution is -2.28. The molecule has 4 rings (SSSR count). The molecule has 7 heteroatoms. The Balaban J connectivity index is 1.82. The van der Waals surface area contributed by atoms with Crippen LogP contribution in [-0.4, -0.2) is 17.5 Å². The normalized spacial score (nSPS) is 13.5. The van der Waals surface area contributed by atoms with Gasteiger partial charge in [0.05, 0.1) is 23.8 Å². The Hall–Kier alpha value is -2.70. The molecule has 3 aromatic rings.